The normalized spacial score (nSPS) is 11.5. The van der Waals surface area contributed by atoms with E-state index in [9.17, 15) is 8.42 Å². The summed E-state index contributed by atoms with van der Waals surface area (Å²) in [7, 11) is -3.77. The molecule has 0 amide bonds. The number of rotatable bonds is 5. The van der Waals surface area contributed by atoms with E-state index in [1.54, 1.807) is 12.1 Å². The van der Waals surface area contributed by atoms with E-state index < -0.39 is 10.0 Å². The van der Waals surface area contributed by atoms with Gasteiger partial charge in [-0.25, -0.2) is 23.1 Å². The molecular formula is C16H14N8O2S2. The highest BCUT2D eigenvalue weighted by Gasteiger charge is 2.12. The van der Waals surface area contributed by atoms with Crippen LogP contribution in [0.15, 0.2) is 59.5 Å². The lowest BCUT2D eigenvalue weighted by atomic mass is 10.3. The van der Waals surface area contributed by atoms with Crippen LogP contribution >= 0.6 is 12.2 Å². The molecule has 0 saturated carbocycles. The first-order valence-electron chi connectivity index (χ1n) is 7.97. The molecule has 2 aromatic heterocycles. The lowest BCUT2D eigenvalue weighted by molar-refractivity contribution is 0.598. The molecule has 0 spiro atoms. The molecule has 0 atom stereocenters. The van der Waals surface area contributed by atoms with Gasteiger partial charge in [0.25, 0.3) is 5.78 Å². The van der Waals surface area contributed by atoms with Gasteiger partial charge in [-0.1, -0.05) is 18.2 Å². The number of para-hydroxylation sites is 1. The molecule has 0 radical (unpaired) electrons. The third-order valence-electron chi connectivity index (χ3n) is 3.75. The van der Waals surface area contributed by atoms with Gasteiger partial charge in [-0.3, -0.25) is 0 Å². The number of hydrogen-bond donors (Lipinski definition) is 4. The summed E-state index contributed by atoms with van der Waals surface area (Å²) in [4.78, 5) is 8.80. The van der Waals surface area contributed by atoms with Crippen molar-refractivity contribution in [2.75, 3.05) is 10.6 Å². The SMILES string of the molecule is NS(=O)(=O)c1ccc(Nc2nc(Nc3ccccc3)nc3n[nH]c(=S)n23)cc1. The molecule has 4 aromatic rings. The largest absolute Gasteiger partial charge is 0.325 e. The average Bonchev–Trinajstić information content (AvgIpc) is 3.03. The Labute approximate surface area is 164 Å². The Morgan fingerprint density at radius 3 is 2.32 bits per heavy atom. The Morgan fingerprint density at radius 1 is 0.964 bits per heavy atom. The maximum Gasteiger partial charge on any atom is 0.259 e. The second-order valence-electron chi connectivity index (χ2n) is 5.72. The van der Waals surface area contributed by atoms with Crippen LogP contribution in [-0.4, -0.2) is 33.0 Å². The number of nitrogens with two attached hydrogens (primary N) is 1. The van der Waals surface area contributed by atoms with Gasteiger partial charge >= 0.3 is 0 Å². The highest BCUT2D eigenvalue weighted by Crippen LogP contribution is 2.20. The van der Waals surface area contributed by atoms with Crippen molar-refractivity contribution in [3.63, 3.8) is 0 Å². The van der Waals surface area contributed by atoms with Crippen molar-refractivity contribution in [1.29, 1.82) is 0 Å². The molecule has 12 heteroatoms. The molecule has 4 rings (SSSR count). The van der Waals surface area contributed by atoms with Gasteiger partial charge < -0.3 is 10.6 Å². The summed E-state index contributed by atoms with van der Waals surface area (Å²) in [6.07, 6.45) is 0. The standard InChI is InChI=1S/C16H14N8O2S2/c17-28(25,26)12-8-6-11(7-9-12)19-14-20-13(18-10-4-2-1-3-5-10)21-15-22-23-16(27)24(14)15/h1-9H,(H,23,27)(H2,17,25,26)(H2,18,19,20,21,22). The molecule has 0 fully saturated rings. The van der Waals surface area contributed by atoms with E-state index >= 15 is 0 Å². The van der Waals surface area contributed by atoms with Gasteiger partial charge in [-0.2, -0.15) is 9.97 Å². The van der Waals surface area contributed by atoms with Gasteiger partial charge in [-0.15, -0.1) is 5.10 Å². The molecule has 0 aliphatic rings. The monoisotopic (exact) mass is 414 g/mol. The smallest absolute Gasteiger partial charge is 0.259 e. The van der Waals surface area contributed by atoms with Gasteiger partial charge in [0, 0.05) is 11.4 Å². The van der Waals surface area contributed by atoms with E-state index in [2.05, 4.69) is 30.8 Å². The summed E-state index contributed by atoms with van der Waals surface area (Å²) in [5.41, 5.74) is 1.39. The van der Waals surface area contributed by atoms with E-state index in [4.69, 9.17) is 17.4 Å². The molecule has 0 saturated heterocycles. The van der Waals surface area contributed by atoms with Crippen molar-refractivity contribution >= 4 is 51.3 Å². The Balaban J connectivity index is 1.72. The Morgan fingerprint density at radius 2 is 1.64 bits per heavy atom. The lowest BCUT2D eigenvalue weighted by Crippen LogP contribution is -2.12. The zero-order valence-corrected chi connectivity index (χ0v) is 15.8. The minimum absolute atomic E-state index is 0.0113. The number of anilines is 4. The predicted octanol–water partition coefficient (Wildman–Crippen LogP) is 2.32. The summed E-state index contributed by atoms with van der Waals surface area (Å²) in [5.74, 6) is 0.990. The fourth-order valence-electron chi connectivity index (χ4n) is 2.47. The molecule has 2 aromatic carbocycles. The molecule has 0 unspecified atom stereocenters. The summed E-state index contributed by atoms with van der Waals surface area (Å²) >= 11 is 5.24. The van der Waals surface area contributed by atoms with Gasteiger partial charge in [0.15, 0.2) is 0 Å². The first-order chi connectivity index (χ1) is 13.4. The lowest BCUT2D eigenvalue weighted by Gasteiger charge is -2.10. The number of primary sulfonamides is 1. The van der Waals surface area contributed by atoms with Gasteiger partial charge in [0.05, 0.1) is 4.90 Å². The number of aromatic nitrogens is 5. The van der Waals surface area contributed by atoms with Gasteiger partial charge in [0.2, 0.25) is 26.7 Å². The minimum Gasteiger partial charge on any atom is -0.325 e. The highest BCUT2D eigenvalue weighted by atomic mass is 32.2. The Bertz CT molecular complexity index is 1300. The molecule has 2 heterocycles. The molecule has 0 bridgehead atoms. The third-order valence-corrected chi connectivity index (χ3v) is 4.96. The van der Waals surface area contributed by atoms with Crippen LogP contribution in [0.1, 0.15) is 0 Å². The van der Waals surface area contributed by atoms with Crippen molar-refractivity contribution in [1.82, 2.24) is 24.6 Å². The summed E-state index contributed by atoms with van der Waals surface area (Å²) in [6, 6.07) is 15.4. The summed E-state index contributed by atoms with van der Waals surface area (Å²) in [6.45, 7) is 0. The molecular weight excluding hydrogens is 400 g/mol. The molecule has 10 nitrogen and oxygen atoms in total. The van der Waals surface area contributed by atoms with Crippen molar-refractivity contribution in [2.24, 2.45) is 5.14 Å². The average molecular weight is 414 g/mol. The fourth-order valence-corrected chi connectivity index (χ4v) is 3.20. The fraction of sp³-hybridized carbons (Fsp3) is 0. The van der Waals surface area contributed by atoms with Crippen molar-refractivity contribution in [3.05, 3.63) is 59.4 Å². The quantitative estimate of drug-likeness (QED) is 0.364. The van der Waals surface area contributed by atoms with E-state index in [1.165, 1.54) is 16.5 Å². The number of nitrogens with one attached hydrogen (secondary N) is 3. The van der Waals surface area contributed by atoms with Crippen molar-refractivity contribution < 1.29 is 8.42 Å². The Kier molecular flexibility index (Phi) is 4.50. The second kappa shape index (κ2) is 6.99. The van der Waals surface area contributed by atoms with Crippen LogP contribution in [0.5, 0.6) is 0 Å². The summed E-state index contributed by atoms with van der Waals surface area (Å²) in [5, 5.41) is 18.1. The van der Waals surface area contributed by atoms with Crippen molar-refractivity contribution in [3.8, 4) is 0 Å². The zero-order valence-electron chi connectivity index (χ0n) is 14.2. The molecule has 0 aliphatic heterocycles. The molecule has 0 aliphatic carbocycles. The van der Waals surface area contributed by atoms with Crippen LogP contribution in [0.4, 0.5) is 23.3 Å². The van der Waals surface area contributed by atoms with Crippen LogP contribution in [0.2, 0.25) is 0 Å². The second-order valence-corrected chi connectivity index (χ2v) is 7.67. The highest BCUT2D eigenvalue weighted by molar-refractivity contribution is 7.89. The predicted molar refractivity (Wildman–Crippen MR) is 107 cm³/mol. The van der Waals surface area contributed by atoms with Crippen LogP contribution in [-0.2, 0) is 10.0 Å². The van der Waals surface area contributed by atoms with Gasteiger partial charge in [0.1, 0.15) is 0 Å². The number of hydrogen-bond acceptors (Lipinski definition) is 8. The number of H-pyrrole nitrogens is 1. The number of benzene rings is 2. The van der Waals surface area contributed by atoms with E-state index in [0.29, 0.717) is 28.1 Å². The van der Waals surface area contributed by atoms with Crippen molar-refractivity contribution in [2.45, 2.75) is 4.90 Å². The molecule has 5 N–H and O–H groups in total. The maximum absolute atomic E-state index is 11.4. The molecule has 142 valence electrons. The number of sulfonamides is 1. The number of aromatic amines is 1. The maximum atomic E-state index is 11.4. The van der Waals surface area contributed by atoms with Crippen LogP contribution in [0.25, 0.3) is 5.78 Å². The number of fused-ring (bicyclic) bond motifs is 1. The van der Waals surface area contributed by atoms with Crippen LogP contribution in [0.3, 0.4) is 0 Å². The zero-order chi connectivity index (χ0) is 19.7. The van der Waals surface area contributed by atoms with Crippen LogP contribution < -0.4 is 15.8 Å². The Hall–Kier alpha value is -3.35. The first kappa shape index (κ1) is 18.0. The topological polar surface area (TPSA) is 143 Å². The van der Waals surface area contributed by atoms with Crippen LogP contribution in [0, 0.1) is 4.77 Å². The van der Waals surface area contributed by atoms with E-state index in [0.717, 1.165) is 5.69 Å². The third kappa shape index (κ3) is 3.69. The van der Waals surface area contributed by atoms with E-state index in [-0.39, 0.29) is 4.90 Å². The first-order valence-corrected chi connectivity index (χ1v) is 9.93. The summed E-state index contributed by atoms with van der Waals surface area (Å²) < 4.78 is 24.6. The van der Waals surface area contributed by atoms with E-state index in [1.807, 2.05) is 30.3 Å². The number of nitrogens with zero attached hydrogens (tertiary/aromatic N) is 4. The molecule has 28 heavy (non-hydrogen) atoms. The van der Waals surface area contributed by atoms with Gasteiger partial charge in [-0.05, 0) is 48.6 Å². The minimum atomic E-state index is -3.77.